The second-order valence-electron chi connectivity index (χ2n) is 6.85. The molecule has 0 bridgehead atoms. The van der Waals surface area contributed by atoms with Gasteiger partial charge in [0, 0.05) is 24.6 Å². The van der Waals surface area contributed by atoms with Crippen molar-refractivity contribution in [2.24, 2.45) is 0 Å². The van der Waals surface area contributed by atoms with Crippen LogP contribution in [0.3, 0.4) is 0 Å². The number of hydrogen-bond donors (Lipinski definition) is 2. The van der Waals surface area contributed by atoms with E-state index < -0.39 is 0 Å². The highest BCUT2D eigenvalue weighted by atomic mass is 16.5. The van der Waals surface area contributed by atoms with Crippen LogP contribution < -0.4 is 10.1 Å². The minimum absolute atomic E-state index is 0.0510. The Morgan fingerprint density at radius 3 is 3.00 bits per heavy atom. The molecule has 6 heteroatoms. The van der Waals surface area contributed by atoms with Gasteiger partial charge < -0.3 is 19.9 Å². The number of ether oxygens (including phenoxy) is 1. The summed E-state index contributed by atoms with van der Waals surface area (Å²) in [6.07, 6.45) is 5.44. The normalized spacial score (nSPS) is 17.4. The molecule has 0 spiro atoms. The number of amides is 2. The Labute approximate surface area is 147 Å². The van der Waals surface area contributed by atoms with Gasteiger partial charge in [0.1, 0.15) is 11.6 Å². The number of benzene rings is 1. The number of aromatic nitrogens is 2. The number of methoxy groups -OCH3 is 1. The van der Waals surface area contributed by atoms with Crippen LogP contribution >= 0.6 is 0 Å². The zero-order valence-corrected chi connectivity index (χ0v) is 14.5. The number of fused-ring (bicyclic) bond motifs is 1. The molecular weight excluding hydrogens is 316 g/mol. The fourth-order valence-corrected chi connectivity index (χ4v) is 3.71. The summed E-state index contributed by atoms with van der Waals surface area (Å²) in [6.45, 7) is 1.30. The van der Waals surface area contributed by atoms with Gasteiger partial charge in [-0.05, 0) is 25.0 Å². The maximum Gasteiger partial charge on any atom is 0.317 e. The predicted octanol–water partition coefficient (Wildman–Crippen LogP) is 3.10. The highest BCUT2D eigenvalue weighted by Crippen LogP contribution is 2.25. The van der Waals surface area contributed by atoms with Gasteiger partial charge in [-0.1, -0.05) is 25.0 Å². The molecule has 0 radical (unpaired) electrons. The molecule has 1 aliphatic heterocycles. The van der Waals surface area contributed by atoms with E-state index in [2.05, 4.69) is 10.3 Å². The van der Waals surface area contributed by atoms with Crippen LogP contribution in [0, 0.1) is 0 Å². The van der Waals surface area contributed by atoms with Crippen molar-refractivity contribution in [3.8, 4) is 17.1 Å². The van der Waals surface area contributed by atoms with E-state index in [1.54, 1.807) is 7.11 Å². The van der Waals surface area contributed by atoms with Crippen LogP contribution in [0.5, 0.6) is 5.75 Å². The zero-order valence-electron chi connectivity index (χ0n) is 14.5. The summed E-state index contributed by atoms with van der Waals surface area (Å²) in [5.41, 5.74) is 3.09. The van der Waals surface area contributed by atoms with Gasteiger partial charge in [0.15, 0.2) is 0 Å². The predicted molar refractivity (Wildman–Crippen MR) is 95.5 cm³/mol. The van der Waals surface area contributed by atoms with Crippen molar-refractivity contribution in [3.05, 3.63) is 35.7 Å². The first kappa shape index (κ1) is 16.0. The third kappa shape index (κ3) is 3.34. The van der Waals surface area contributed by atoms with Gasteiger partial charge in [0.25, 0.3) is 0 Å². The quantitative estimate of drug-likeness (QED) is 0.902. The second-order valence-corrected chi connectivity index (χ2v) is 6.85. The van der Waals surface area contributed by atoms with Gasteiger partial charge in [-0.2, -0.15) is 0 Å². The number of carbonyl (C=O) groups is 1. The summed E-state index contributed by atoms with van der Waals surface area (Å²) >= 11 is 0. The van der Waals surface area contributed by atoms with E-state index in [1.807, 2.05) is 29.2 Å². The van der Waals surface area contributed by atoms with Gasteiger partial charge in [-0.25, -0.2) is 9.78 Å². The van der Waals surface area contributed by atoms with Crippen molar-refractivity contribution >= 4 is 6.03 Å². The van der Waals surface area contributed by atoms with E-state index >= 15 is 0 Å². The number of nitrogens with zero attached hydrogens (tertiary/aromatic N) is 2. The number of H-pyrrole nitrogens is 1. The molecule has 2 amide bonds. The Morgan fingerprint density at radius 2 is 2.20 bits per heavy atom. The number of urea groups is 1. The molecule has 1 saturated carbocycles. The van der Waals surface area contributed by atoms with E-state index in [1.165, 1.54) is 12.8 Å². The molecule has 132 valence electrons. The number of hydrogen-bond acceptors (Lipinski definition) is 3. The third-order valence-electron chi connectivity index (χ3n) is 5.15. The lowest BCUT2D eigenvalue weighted by molar-refractivity contribution is 0.187. The Hall–Kier alpha value is -2.50. The van der Waals surface area contributed by atoms with E-state index in [9.17, 15) is 4.79 Å². The third-order valence-corrected chi connectivity index (χ3v) is 5.15. The van der Waals surface area contributed by atoms with Gasteiger partial charge >= 0.3 is 6.03 Å². The summed E-state index contributed by atoms with van der Waals surface area (Å²) in [5.74, 6) is 1.64. The monoisotopic (exact) mass is 340 g/mol. The van der Waals surface area contributed by atoms with Crippen molar-refractivity contribution in [2.45, 2.75) is 44.7 Å². The maximum absolute atomic E-state index is 12.5. The van der Waals surface area contributed by atoms with Crippen molar-refractivity contribution in [2.75, 3.05) is 13.7 Å². The number of aromatic amines is 1. The average Bonchev–Trinajstić information content (AvgIpc) is 3.30. The topological polar surface area (TPSA) is 70.2 Å². The molecule has 0 unspecified atom stereocenters. The van der Waals surface area contributed by atoms with Gasteiger partial charge in [0.05, 0.1) is 25.0 Å². The number of nitrogens with one attached hydrogen (secondary N) is 2. The van der Waals surface area contributed by atoms with Gasteiger partial charge in [0.2, 0.25) is 0 Å². The van der Waals surface area contributed by atoms with Crippen LogP contribution in [-0.2, 0) is 13.0 Å². The largest absolute Gasteiger partial charge is 0.497 e. The van der Waals surface area contributed by atoms with Crippen molar-refractivity contribution in [1.29, 1.82) is 0 Å². The Kier molecular flexibility index (Phi) is 4.34. The summed E-state index contributed by atoms with van der Waals surface area (Å²) in [4.78, 5) is 22.5. The molecule has 1 fully saturated rings. The van der Waals surface area contributed by atoms with Gasteiger partial charge in [-0.3, -0.25) is 0 Å². The zero-order chi connectivity index (χ0) is 17.2. The van der Waals surface area contributed by atoms with Crippen LogP contribution in [0.2, 0.25) is 0 Å². The van der Waals surface area contributed by atoms with Crippen LogP contribution in [0.25, 0.3) is 11.4 Å². The number of rotatable bonds is 3. The smallest absolute Gasteiger partial charge is 0.317 e. The molecule has 1 aromatic carbocycles. The molecule has 1 aromatic heterocycles. The molecule has 4 rings (SSSR count). The average molecular weight is 340 g/mol. The first-order valence-electron chi connectivity index (χ1n) is 9.00. The summed E-state index contributed by atoms with van der Waals surface area (Å²) in [7, 11) is 1.66. The van der Waals surface area contributed by atoms with Crippen molar-refractivity contribution in [3.63, 3.8) is 0 Å². The van der Waals surface area contributed by atoms with Crippen LogP contribution in [0.15, 0.2) is 24.3 Å². The maximum atomic E-state index is 12.5. The van der Waals surface area contributed by atoms with E-state index in [-0.39, 0.29) is 6.03 Å². The summed E-state index contributed by atoms with van der Waals surface area (Å²) < 4.78 is 5.29. The number of imidazole rings is 1. The van der Waals surface area contributed by atoms with E-state index in [0.717, 1.165) is 47.8 Å². The molecule has 1 aliphatic carbocycles. The molecule has 2 aromatic rings. The Morgan fingerprint density at radius 1 is 1.36 bits per heavy atom. The highest BCUT2D eigenvalue weighted by Gasteiger charge is 2.26. The number of carbonyl (C=O) groups excluding carboxylic acids is 1. The summed E-state index contributed by atoms with van der Waals surface area (Å²) in [6, 6.07) is 8.25. The molecule has 2 aliphatic rings. The molecule has 25 heavy (non-hydrogen) atoms. The Balaban J connectivity index is 1.47. The fourth-order valence-electron chi connectivity index (χ4n) is 3.71. The molecule has 2 N–H and O–H groups in total. The SMILES string of the molecule is COc1cccc(-c2nc3c([nH]2)CN(C(=O)NC2CCCC2)CC3)c1. The fraction of sp³-hybridized carbons (Fsp3) is 0.474. The van der Waals surface area contributed by atoms with E-state index in [0.29, 0.717) is 19.1 Å². The second kappa shape index (κ2) is 6.78. The van der Waals surface area contributed by atoms with Crippen molar-refractivity contribution in [1.82, 2.24) is 20.2 Å². The van der Waals surface area contributed by atoms with Crippen molar-refractivity contribution < 1.29 is 9.53 Å². The minimum atomic E-state index is 0.0510. The molecule has 0 atom stereocenters. The standard InChI is InChI=1S/C19H24N4O2/c1-25-15-8-4-5-13(11-15)18-21-16-9-10-23(12-17(16)22-18)19(24)20-14-6-2-3-7-14/h4-5,8,11,14H,2-3,6-7,9-10,12H2,1H3,(H,20,24)(H,21,22). The van der Waals surface area contributed by atoms with Crippen LogP contribution in [0.1, 0.15) is 37.1 Å². The first-order valence-corrected chi connectivity index (χ1v) is 9.00. The molecule has 2 heterocycles. The lowest BCUT2D eigenvalue weighted by Crippen LogP contribution is -2.46. The Bertz CT molecular complexity index is 765. The molecular formula is C19H24N4O2. The van der Waals surface area contributed by atoms with Crippen LogP contribution in [0.4, 0.5) is 4.79 Å². The highest BCUT2D eigenvalue weighted by molar-refractivity contribution is 5.75. The lowest BCUT2D eigenvalue weighted by atomic mass is 10.1. The van der Waals surface area contributed by atoms with Gasteiger partial charge in [-0.15, -0.1) is 0 Å². The first-order chi connectivity index (χ1) is 12.2. The minimum Gasteiger partial charge on any atom is -0.497 e. The molecule has 6 nitrogen and oxygen atoms in total. The summed E-state index contributed by atoms with van der Waals surface area (Å²) in [5, 5.41) is 3.17. The lowest BCUT2D eigenvalue weighted by Gasteiger charge is -2.27. The van der Waals surface area contributed by atoms with E-state index in [4.69, 9.17) is 9.72 Å². The molecule has 0 saturated heterocycles. The van der Waals surface area contributed by atoms with Crippen LogP contribution in [-0.4, -0.2) is 40.6 Å².